The molecule has 116 valence electrons. The van der Waals surface area contributed by atoms with Crippen molar-refractivity contribution in [2.75, 3.05) is 6.54 Å². The van der Waals surface area contributed by atoms with Crippen molar-refractivity contribution < 1.29 is 4.74 Å². The predicted molar refractivity (Wildman–Crippen MR) is 87.6 cm³/mol. The highest BCUT2D eigenvalue weighted by Crippen LogP contribution is 2.42. The maximum atomic E-state index is 6.08. The molecule has 1 heterocycles. The summed E-state index contributed by atoms with van der Waals surface area (Å²) in [5.74, 6) is 2.01. The van der Waals surface area contributed by atoms with E-state index >= 15 is 0 Å². The summed E-state index contributed by atoms with van der Waals surface area (Å²) in [5.41, 5.74) is 3.13. The Hall–Kier alpha value is -0.860. The van der Waals surface area contributed by atoms with E-state index in [-0.39, 0.29) is 0 Å². The van der Waals surface area contributed by atoms with Crippen LogP contribution in [0.25, 0.3) is 0 Å². The average Bonchev–Trinajstić information content (AvgIpc) is 2.69. The van der Waals surface area contributed by atoms with E-state index in [1.165, 1.54) is 12.8 Å². The third kappa shape index (κ3) is 2.76. The molecule has 6 unspecified atom stereocenters. The highest BCUT2D eigenvalue weighted by Gasteiger charge is 2.42. The van der Waals surface area contributed by atoms with E-state index in [1.807, 2.05) is 0 Å². The van der Waals surface area contributed by atoms with Gasteiger partial charge in [0.15, 0.2) is 0 Å². The van der Waals surface area contributed by atoms with Crippen LogP contribution in [-0.4, -0.2) is 24.8 Å². The van der Waals surface area contributed by atoms with E-state index in [4.69, 9.17) is 4.74 Å². The standard InChI is InChI=1S/C19H29NO/c1-5-20-18(19-12(2)13(3)21-14(19)4)11-16-10-15-8-6-7-9-17(15)16/h6-9,12-14,16,18-20H,5,10-11H2,1-4H3. The zero-order valence-electron chi connectivity index (χ0n) is 13.8. The van der Waals surface area contributed by atoms with Gasteiger partial charge in [-0.15, -0.1) is 0 Å². The van der Waals surface area contributed by atoms with Crippen molar-refractivity contribution in [1.82, 2.24) is 5.32 Å². The van der Waals surface area contributed by atoms with Gasteiger partial charge in [-0.2, -0.15) is 0 Å². The highest BCUT2D eigenvalue weighted by molar-refractivity contribution is 5.40. The Balaban J connectivity index is 1.71. The van der Waals surface area contributed by atoms with Crippen molar-refractivity contribution >= 4 is 0 Å². The molecular weight excluding hydrogens is 258 g/mol. The molecule has 2 heteroatoms. The summed E-state index contributed by atoms with van der Waals surface area (Å²) >= 11 is 0. The van der Waals surface area contributed by atoms with Crippen molar-refractivity contribution in [3.05, 3.63) is 35.4 Å². The van der Waals surface area contributed by atoms with Crippen LogP contribution in [0, 0.1) is 11.8 Å². The van der Waals surface area contributed by atoms with Gasteiger partial charge in [0.2, 0.25) is 0 Å². The second-order valence-corrected chi connectivity index (χ2v) is 6.98. The highest BCUT2D eigenvalue weighted by atomic mass is 16.5. The Morgan fingerprint density at radius 1 is 1.19 bits per heavy atom. The number of nitrogens with one attached hydrogen (secondary N) is 1. The summed E-state index contributed by atoms with van der Waals surface area (Å²) in [6.45, 7) is 10.1. The van der Waals surface area contributed by atoms with Crippen LogP contribution in [0.2, 0.25) is 0 Å². The molecule has 1 saturated heterocycles. The molecule has 21 heavy (non-hydrogen) atoms. The molecule has 0 spiro atoms. The Kier molecular flexibility index (Phi) is 4.37. The van der Waals surface area contributed by atoms with Crippen LogP contribution in [0.4, 0.5) is 0 Å². The molecule has 1 aliphatic heterocycles. The maximum absolute atomic E-state index is 6.08. The third-order valence-electron chi connectivity index (χ3n) is 5.75. The van der Waals surface area contributed by atoms with Crippen LogP contribution in [0.3, 0.4) is 0 Å². The van der Waals surface area contributed by atoms with E-state index in [9.17, 15) is 0 Å². The summed E-state index contributed by atoms with van der Waals surface area (Å²) < 4.78 is 6.08. The summed E-state index contributed by atoms with van der Waals surface area (Å²) in [5, 5.41) is 3.76. The quantitative estimate of drug-likeness (QED) is 0.890. The number of hydrogen-bond donors (Lipinski definition) is 1. The van der Waals surface area contributed by atoms with Gasteiger partial charge < -0.3 is 10.1 Å². The molecule has 1 aliphatic carbocycles. The molecule has 0 radical (unpaired) electrons. The van der Waals surface area contributed by atoms with Crippen LogP contribution in [0.5, 0.6) is 0 Å². The third-order valence-corrected chi connectivity index (χ3v) is 5.75. The Labute approximate surface area is 129 Å². The summed E-state index contributed by atoms with van der Waals surface area (Å²) in [7, 11) is 0. The molecule has 1 fully saturated rings. The zero-order valence-corrected chi connectivity index (χ0v) is 13.8. The van der Waals surface area contributed by atoms with Gasteiger partial charge in [-0.05, 0) is 56.2 Å². The maximum Gasteiger partial charge on any atom is 0.0597 e. The van der Waals surface area contributed by atoms with Gasteiger partial charge >= 0.3 is 0 Å². The van der Waals surface area contributed by atoms with Gasteiger partial charge in [0.1, 0.15) is 0 Å². The fourth-order valence-electron chi connectivity index (χ4n) is 4.51. The van der Waals surface area contributed by atoms with E-state index < -0.39 is 0 Å². The first kappa shape index (κ1) is 15.1. The minimum atomic E-state index is 0.370. The Morgan fingerprint density at radius 2 is 1.95 bits per heavy atom. The van der Waals surface area contributed by atoms with Crippen molar-refractivity contribution in [2.45, 2.75) is 64.7 Å². The van der Waals surface area contributed by atoms with Crippen LogP contribution >= 0.6 is 0 Å². The predicted octanol–water partition coefficient (Wildman–Crippen LogP) is 3.75. The number of fused-ring (bicyclic) bond motifs is 1. The summed E-state index contributed by atoms with van der Waals surface area (Å²) in [4.78, 5) is 0. The number of ether oxygens (including phenoxy) is 1. The molecule has 1 aromatic rings. The van der Waals surface area contributed by atoms with Crippen molar-refractivity contribution in [1.29, 1.82) is 0 Å². The molecule has 2 nitrogen and oxygen atoms in total. The van der Waals surface area contributed by atoms with Crippen molar-refractivity contribution in [2.24, 2.45) is 11.8 Å². The lowest BCUT2D eigenvalue weighted by Crippen LogP contribution is -2.43. The van der Waals surface area contributed by atoms with Gasteiger partial charge in [-0.25, -0.2) is 0 Å². The molecule has 6 atom stereocenters. The zero-order chi connectivity index (χ0) is 15.0. The molecule has 1 aromatic carbocycles. The van der Waals surface area contributed by atoms with Crippen molar-refractivity contribution in [3.63, 3.8) is 0 Å². The minimum Gasteiger partial charge on any atom is -0.375 e. The van der Waals surface area contributed by atoms with Crippen LogP contribution in [-0.2, 0) is 11.2 Å². The SMILES string of the molecule is CCNC(CC1Cc2ccccc21)C1C(C)OC(C)C1C. The first-order valence-corrected chi connectivity index (χ1v) is 8.58. The minimum absolute atomic E-state index is 0.370. The Morgan fingerprint density at radius 3 is 2.57 bits per heavy atom. The lowest BCUT2D eigenvalue weighted by molar-refractivity contribution is 0.0468. The van der Waals surface area contributed by atoms with Gasteiger partial charge in [0.25, 0.3) is 0 Å². The molecular formula is C19H29NO. The van der Waals surface area contributed by atoms with E-state index in [0.29, 0.717) is 30.1 Å². The average molecular weight is 287 g/mol. The number of hydrogen-bond acceptors (Lipinski definition) is 2. The summed E-state index contributed by atoms with van der Waals surface area (Å²) in [6.07, 6.45) is 3.26. The number of benzene rings is 1. The Bertz CT molecular complexity index is 486. The first-order valence-electron chi connectivity index (χ1n) is 8.58. The van der Waals surface area contributed by atoms with Crippen LogP contribution < -0.4 is 5.32 Å². The smallest absolute Gasteiger partial charge is 0.0597 e. The van der Waals surface area contributed by atoms with E-state index in [0.717, 1.165) is 12.5 Å². The molecule has 0 aromatic heterocycles. The lowest BCUT2D eigenvalue weighted by atomic mass is 9.71. The summed E-state index contributed by atoms with van der Waals surface area (Å²) in [6, 6.07) is 9.50. The first-order chi connectivity index (χ1) is 10.1. The lowest BCUT2D eigenvalue weighted by Gasteiger charge is -2.37. The monoisotopic (exact) mass is 287 g/mol. The molecule has 0 bridgehead atoms. The molecule has 3 rings (SSSR count). The fraction of sp³-hybridized carbons (Fsp3) is 0.684. The van der Waals surface area contributed by atoms with Gasteiger partial charge in [0.05, 0.1) is 12.2 Å². The molecule has 0 saturated carbocycles. The van der Waals surface area contributed by atoms with Crippen molar-refractivity contribution in [3.8, 4) is 0 Å². The van der Waals surface area contributed by atoms with E-state index in [1.54, 1.807) is 11.1 Å². The van der Waals surface area contributed by atoms with Crippen LogP contribution in [0.1, 0.15) is 51.2 Å². The van der Waals surface area contributed by atoms with Gasteiger partial charge in [-0.1, -0.05) is 38.1 Å². The number of rotatable bonds is 5. The normalized spacial score (nSPS) is 36.1. The fourth-order valence-corrected chi connectivity index (χ4v) is 4.51. The second kappa shape index (κ2) is 6.10. The topological polar surface area (TPSA) is 21.3 Å². The van der Waals surface area contributed by atoms with E-state index in [2.05, 4.69) is 57.3 Å². The largest absolute Gasteiger partial charge is 0.375 e. The molecule has 0 amide bonds. The van der Waals surface area contributed by atoms with Gasteiger partial charge in [0, 0.05) is 12.0 Å². The van der Waals surface area contributed by atoms with Gasteiger partial charge in [-0.3, -0.25) is 0 Å². The molecule has 2 aliphatic rings. The molecule has 1 N–H and O–H groups in total. The second-order valence-electron chi connectivity index (χ2n) is 6.98. The van der Waals surface area contributed by atoms with Crippen LogP contribution in [0.15, 0.2) is 24.3 Å².